The number of benzene rings is 1. The average Bonchev–Trinajstić information content (AvgIpc) is 2.74. The number of halogens is 1. The Morgan fingerprint density at radius 3 is 2.59 bits per heavy atom. The minimum atomic E-state index is -0.175. The summed E-state index contributed by atoms with van der Waals surface area (Å²) >= 11 is 0. The van der Waals surface area contributed by atoms with Crippen LogP contribution < -0.4 is 10.2 Å². The van der Waals surface area contributed by atoms with E-state index in [2.05, 4.69) is 20.0 Å². The third kappa shape index (κ3) is 5.08. The van der Waals surface area contributed by atoms with Gasteiger partial charge in [-0.15, -0.1) is 0 Å². The van der Waals surface area contributed by atoms with Crippen LogP contribution in [-0.2, 0) is 9.53 Å². The molecule has 4 aliphatic heterocycles. The second-order valence-electron chi connectivity index (χ2n) is 8.69. The van der Waals surface area contributed by atoms with E-state index in [-0.39, 0.29) is 18.3 Å². The van der Waals surface area contributed by atoms with Crippen molar-refractivity contribution in [3.63, 3.8) is 0 Å². The molecule has 1 amide bonds. The monoisotopic (exact) mass is 404 g/mol. The zero-order chi connectivity index (χ0) is 20.2. The van der Waals surface area contributed by atoms with Gasteiger partial charge in [-0.1, -0.05) is 0 Å². The maximum atomic E-state index is 13.1. The lowest BCUT2D eigenvalue weighted by molar-refractivity contribution is -0.125. The van der Waals surface area contributed by atoms with Crippen LogP contribution in [0.15, 0.2) is 24.3 Å². The third-order valence-corrected chi connectivity index (χ3v) is 6.88. The second kappa shape index (κ2) is 9.41. The molecule has 160 valence electrons. The molecule has 0 aromatic heterocycles. The van der Waals surface area contributed by atoms with Crippen molar-refractivity contribution in [2.45, 2.75) is 18.9 Å². The number of amides is 1. The highest BCUT2D eigenvalue weighted by molar-refractivity contribution is 5.77. The van der Waals surface area contributed by atoms with Gasteiger partial charge in [0, 0.05) is 64.7 Å². The lowest BCUT2D eigenvalue weighted by Crippen LogP contribution is -2.59. The van der Waals surface area contributed by atoms with E-state index in [1.807, 2.05) is 12.1 Å². The number of piperidine rings is 3. The van der Waals surface area contributed by atoms with Crippen molar-refractivity contribution in [2.75, 3.05) is 71.0 Å². The van der Waals surface area contributed by atoms with Crippen molar-refractivity contribution in [3.8, 4) is 0 Å². The van der Waals surface area contributed by atoms with Gasteiger partial charge >= 0.3 is 0 Å². The van der Waals surface area contributed by atoms with Crippen LogP contribution in [0.3, 0.4) is 0 Å². The molecule has 4 heterocycles. The second-order valence-corrected chi connectivity index (χ2v) is 8.69. The highest BCUT2D eigenvalue weighted by atomic mass is 19.1. The number of nitrogens with one attached hydrogen (secondary N) is 1. The zero-order valence-corrected chi connectivity index (χ0v) is 17.4. The Morgan fingerprint density at radius 1 is 1.17 bits per heavy atom. The molecular weight excluding hydrogens is 371 g/mol. The Labute approximate surface area is 173 Å². The van der Waals surface area contributed by atoms with Gasteiger partial charge in [-0.25, -0.2) is 4.39 Å². The van der Waals surface area contributed by atoms with E-state index >= 15 is 0 Å². The number of carbonyl (C=O) groups is 1. The molecule has 2 bridgehead atoms. The maximum absolute atomic E-state index is 13.1. The predicted molar refractivity (Wildman–Crippen MR) is 112 cm³/mol. The number of anilines is 1. The first kappa shape index (κ1) is 20.6. The van der Waals surface area contributed by atoms with Crippen LogP contribution in [0.25, 0.3) is 0 Å². The lowest BCUT2D eigenvalue weighted by Gasteiger charge is -2.51. The van der Waals surface area contributed by atoms with E-state index in [0.717, 1.165) is 63.3 Å². The number of carbonyl (C=O) groups excluding carboxylic acids is 1. The van der Waals surface area contributed by atoms with E-state index in [1.165, 1.54) is 19.4 Å². The summed E-state index contributed by atoms with van der Waals surface area (Å²) in [5, 5.41) is 3.01. The topological polar surface area (TPSA) is 48.1 Å². The summed E-state index contributed by atoms with van der Waals surface area (Å²) in [7, 11) is 1.55. The SMILES string of the molecule is COCC(=O)NC[C@H]1C[C@H]2CCN1C[C@@H]2CN1CCN(c2ccc(F)cc2)CC1. The van der Waals surface area contributed by atoms with Crippen LogP contribution in [0, 0.1) is 17.7 Å². The van der Waals surface area contributed by atoms with Crippen molar-refractivity contribution >= 4 is 11.6 Å². The summed E-state index contributed by atoms with van der Waals surface area (Å²) in [6.07, 6.45) is 2.47. The van der Waals surface area contributed by atoms with E-state index < -0.39 is 0 Å². The first-order valence-electron chi connectivity index (χ1n) is 10.8. The van der Waals surface area contributed by atoms with Gasteiger partial charge in [0.25, 0.3) is 0 Å². The quantitative estimate of drug-likeness (QED) is 0.745. The minimum Gasteiger partial charge on any atom is -0.375 e. The molecule has 0 radical (unpaired) electrons. The fourth-order valence-electron chi connectivity index (χ4n) is 5.25. The Hall–Kier alpha value is -1.70. The molecule has 1 aromatic rings. The summed E-state index contributed by atoms with van der Waals surface area (Å²) in [5.41, 5.74) is 1.12. The molecule has 4 fully saturated rings. The fourth-order valence-corrected chi connectivity index (χ4v) is 5.25. The number of ether oxygens (including phenoxy) is 1. The predicted octanol–water partition coefficient (Wildman–Crippen LogP) is 1.42. The third-order valence-electron chi connectivity index (χ3n) is 6.88. The van der Waals surface area contributed by atoms with E-state index in [9.17, 15) is 9.18 Å². The Bertz CT molecular complexity index is 678. The highest BCUT2D eigenvalue weighted by Crippen LogP contribution is 2.36. The highest BCUT2D eigenvalue weighted by Gasteiger charge is 2.40. The van der Waals surface area contributed by atoms with Crippen LogP contribution >= 0.6 is 0 Å². The van der Waals surface area contributed by atoms with Crippen molar-refractivity contribution < 1.29 is 13.9 Å². The average molecular weight is 405 g/mol. The maximum Gasteiger partial charge on any atom is 0.246 e. The van der Waals surface area contributed by atoms with Crippen LogP contribution in [0.4, 0.5) is 10.1 Å². The van der Waals surface area contributed by atoms with Crippen LogP contribution in [0.5, 0.6) is 0 Å². The normalized spacial score (nSPS) is 29.8. The molecule has 7 heteroatoms. The largest absolute Gasteiger partial charge is 0.375 e. The fraction of sp³-hybridized carbons (Fsp3) is 0.682. The van der Waals surface area contributed by atoms with Crippen molar-refractivity contribution in [1.82, 2.24) is 15.1 Å². The molecule has 29 heavy (non-hydrogen) atoms. The molecule has 0 spiro atoms. The number of hydrogen-bond acceptors (Lipinski definition) is 5. The molecule has 1 unspecified atom stereocenters. The molecule has 0 saturated carbocycles. The first-order valence-corrected chi connectivity index (χ1v) is 10.8. The van der Waals surface area contributed by atoms with Gasteiger partial charge in [0.15, 0.2) is 0 Å². The van der Waals surface area contributed by atoms with E-state index in [1.54, 1.807) is 19.2 Å². The van der Waals surface area contributed by atoms with E-state index in [4.69, 9.17) is 4.74 Å². The first-order chi connectivity index (χ1) is 14.1. The van der Waals surface area contributed by atoms with Crippen molar-refractivity contribution in [3.05, 3.63) is 30.1 Å². The van der Waals surface area contributed by atoms with Crippen LogP contribution in [-0.4, -0.2) is 87.8 Å². The molecule has 0 aliphatic carbocycles. The number of hydrogen-bond donors (Lipinski definition) is 1. The van der Waals surface area contributed by atoms with Gasteiger partial charge in [-0.3, -0.25) is 14.6 Å². The molecule has 4 saturated heterocycles. The van der Waals surface area contributed by atoms with Crippen molar-refractivity contribution in [1.29, 1.82) is 0 Å². The van der Waals surface area contributed by atoms with E-state index in [0.29, 0.717) is 6.04 Å². The standard InChI is InChI=1S/C22H33FN4O2/c1-29-16-22(28)24-13-21-12-17-6-7-27(21)15-18(17)14-25-8-10-26(11-9-25)20-4-2-19(23)3-5-20/h2-5,17-18,21H,6-16H2,1H3,(H,24,28)/t17-,18+,21-/m1/s1. The Balaban J connectivity index is 1.22. The van der Waals surface area contributed by atoms with Gasteiger partial charge in [-0.05, 0) is 55.5 Å². The van der Waals surface area contributed by atoms with Gasteiger partial charge in [0.1, 0.15) is 12.4 Å². The lowest BCUT2D eigenvalue weighted by atomic mass is 9.75. The molecule has 1 N–H and O–H groups in total. The smallest absolute Gasteiger partial charge is 0.246 e. The van der Waals surface area contributed by atoms with Crippen LogP contribution in [0.2, 0.25) is 0 Å². The van der Waals surface area contributed by atoms with Crippen LogP contribution in [0.1, 0.15) is 12.8 Å². The van der Waals surface area contributed by atoms with Gasteiger partial charge in [0.05, 0.1) is 0 Å². The summed E-state index contributed by atoms with van der Waals surface area (Å²) in [6.45, 7) is 8.49. The molecule has 6 nitrogen and oxygen atoms in total. The van der Waals surface area contributed by atoms with Gasteiger partial charge in [0.2, 0.25) is 5.91 Å². The minimum absolute atomic E-state index is 0.0225. The Kier molecular flexibility index (Phi) is 6.67. The molecular formula is C22H33FN4O2. The summed E-state index contributed by atoms with van der Waals surface area (Å²) in [4.78, 5) is 19.2. The summed E-state index contributed by atoms with van der Waals surface area (Å²) in [6, 6.07) is 7.32. The van der Waals surface area contributed by atoms with Gasteiger partial charge < -0.3 is 15.0 Å². The number of rotatable bonds is 7. The Morgan fingerprint density at radius 2 is 1.93 bits per heavy atom. The zero-order valence-electron chi connectivity index (χ0n) is 17.4. The number of piperazine rings is 1. The van der Waals surface area contributed by atoms with Gasteiger partial charge in [-0.2, -0.15) is 0 Å². The molecule has 4 aliphatic rings. The molecule has 5 rings (SSSR count). The number of nitrogens with zero attached hydrogens (tertiary/aromatic N) is 3. The summed E-state index contributed by atoms with van der Waals surface area (Å²) < 4.78 is 18.0. The molecule has 4 atom stereocenters. The number of methoxy groups -OCH3 is 1. The molecule has 1 aromatic carbocycles. The van der Waals surface area contributed by atoms with Crippen molar-refractivity contribution in [2.24, 2.45) is 11.8 Å². The number of fused-ring (bicyclic) bond motifs is 3. The summed E-state index contributed by atoms with van der Waals surface area (Å²) in [5.74, 6) is 1.29.